The Morgan fingerprint density at radius 2 is 1.94 bits per heavy atom. The molecule has 6 nitrogen and oxygen atoms in total. The largest absolute Gasteiger partial charge is 0.466 e. The minimum atomic E-state index is -0.569. The first-order chi connectivity index (χ1) is 16.9. The van der Waals surface area contributed by atoms with Gasteiger partial charge in [0, 0.05) is 46.3 Å². The number of halogens is 1. The van der Waals surface area contributed by atoms with Crippen LogP contribution in [-0.4, -0.2) is 58.7 Å². The van der Waals surface area contributed by atoms with E-state index in [1.807, 2.05) is 53.6 Å². The summed E-state index contributed by atoms with van der Waals surface area (Å²) in [6.45, 7) is 4.37. The van der Waals surface area contributed by atoms with Crippen molar-refractivity contribution in [3.05, 3.63) is 69.6 Å². The van der Waals surface area contributed by atoms with Crippen molar-refractivity contribution in [2.75, 3.05) is 26.0 Å². The summed E-state index contributed by atoms with van der Waals surface area (Å²) < 4.78 is 6.29. The predicted octanol–water partition coefficient (Wildman–Crippen LogP) is 5.41. The molecule has 0 radical (unpaired) electrons. The molecule has 1 aliphatic rings. The quantitative estimate of drug-likeness (QED) is 0.240. The summed E-state index contributed by atoms with van der Waals surface area (Å²) in [5.74, 6) is -0.421. The number of piperazine rings is 1. The highest BCUT2D eigenvalue weighted by Crippen LogP contribution is 2.30. The lowest BCUT2D eigenvalue weighted by Gasteiger charge is -2.40. The molecule has 0 aliphatic carbocycles. The molecule has 1 atom stereocenters. The number of rotatable bonds is 8. The Kier molecular flexibility index (Phi) is 8.49. The smallest absolute Gasteiger partial charge is 0.307 e. The Hall–Kier alpha value is -2.39. The van der Waals surface area contributed by atoms with Crippen LogP contribution in [0.25, 0.3) is 10.1 Å². The second kappa shape index (κ2) is 11.6. The zero-order valence-corrected chi connectivity index (χ0v) is 22.1. The van der Waals surface area contributed by atoms with Gasteiger partial charge in [-0.05, 0) is 42.3 Å². The molecule has 0 saturated carbocycles. The summed E-state index contributed by atoms with van der Waals surface area (Å²) in [6, 6.07) is 15.1. The molecule has 2 aromatic carbocycles. The van der Waals surface area contributed by atoms with Crippen LogP contribution >= 0.6 is 34.7 Å². The molecular weight excluding hydrogens is 502 g/mol. The normalized spacial score (nSPS) is 16.6. The van der Waals surface area contributed by atoms with Gasteiger partial charge in [0.15, 0.2) is 0 Å². The summed E-state index contributed by atoms with van der Waals surface area (Å²) >= 11 is 9.20. The number of amides is 1. The van der Waals surface area contributed by atoms with Crippen LogP contribution in [0.15, 0.2) is 48.5 Å². The van der Waals surface area contributed by atoms with Gasteiger partial charge in [0.05, 0.1) is 18.1 Å². The van der Waals surface area contributed by atoms with E-state index in [2.05, 4.69) is 11.0 Å². The number of ether oxygens (including phenoxy) is 1. The van der Waals surface area contributed by atoms with Crippen molar-refractivity contribution in [3.8, 4) is 0 Å². The Bertz CT molecular complexity index is 1230. The van der Waals surface area contributed by atoms with Crippen LogP contribution in [0.1, 0.15) is 29.3 Å². The fourth-order valence-electron chi connectivity index (χ4n) is 4.26. The zero-order valence-electron chi connectivity index (χ0n) is 19.8. The molecule has 1 amide bonds. The van der Waals surface area contributed by atoms with Crippen molar-refractivity contribution in [1.82, 2.24) is 9.80 Å². The number of hydrogen-bond acceptors (Lipinski definition) is 7. The third kappa shape index (κ3) is 6.25. The van der Waals surface area contributed by atoms with Crippen LogP contribution in [0.3, 0.4) is 0 Å². The molecule has 1 aromatic heterocycles. The highest BCUT2D eigenvalue weighted by molar-refractivity contribution is 8.13. The van der Waals surface area contributed by atoms with E-state index in [4.69, 9.17) is 21.7 Å². The molecule has 1 saturated heterocycles. The molecule has 9 heteroatoms. The third-order valence-corrected chi connectivity index (χ3v) is 8.01. The standard InChI is InChI=1S/C26H28ClN3O3S2/c1-3-33-24(31)14-22-26(32)30(15-17-4-6-18(7-5-17)25(28)34-2)11-10-29(22)16-21-12-19-8-9-20(27)13-23(19)35-21/h4-9,12-13,22,28H,3,10-11,14-16H2,1-2H3. The maximum Gasteiger partial charge on any atom is 0.307 e. The molecule has 2 heterocycles. The van der Waals surface area contributed by atoms with Gasteiger partial charge in [-0.1, -0.05) is 41.9 Å². The number of nitrogens with zero attached hydrogens (tertiary/aromatic N) is 2. The van der Waals surface area contributed by atoms with Crippen molar-refractivity contribution in [1.29, 1.82) is 5.41 Å². The van der Waals surface area contributed by atoms with Gasteiger partial charge in [0.2, 0.25) is 5.91 Å². The Morgan fingerprint density at radius 3 is 2.66 bits per heavy atom. The molecule has 0 spiro atoms. The zero-order chi connectivity index (χ0) is 24.9. The van der Waals surface area contributed by atoms with Gasteiger partial charge >= 0.3 is 5.97 Å². The summed E-state index contributed by atoms with van der Waals surface area (Å²) in [4.78, 5) is 30.9. The molecule has 35 heavy (non-hydrogen) atoms. The lowest BCUT2D eigenvalue weighted by Crippen LogP contribution is -2.56. The van der Waals surface area contributed by atoms with E-state index in [0.717, 1.165) is 26.1 Å². The van der Waals surface area contributed by atoms with Crippen molar-refractivity contribution in [2.24, 2.45) is 0 Å². The summed E-state index contributed by atoms with van der Waals surface area (Å²) in [5.41, 5.74) is 1.86. The van der Waals surface area contributed by atoms with E-state index in [1.165, 1.54) is 11.8 Å². The molecular formula is C26H28ClN3O3S2. The monoisotopic (exact) mass is 529 g/mol. The molecule has 1 aliphatic heterocycles. The van der Waals surface area contributed by atoms with E-state index >= 15 is 0 Å². The number of nitrogens with one attached hydrogen (secondary N) is 1. The molecule has 0 bridgehead atoms. The van der Waals surface area contributed by atoms with E-state index in [1.54, 1.807) is 18.3 Å². The van der Waals surface area contributed by atoms with E-state index < -0.39 is 6.04 Å². The maximum atomic E-state index is 13.5. The van der Waals surface area contributed by atoms with Gasteiger partial charge in [-0.25, -0.2) is 0 Å². The van der Waals surface area contributed by atoms with Crippen LogP contribution in [0, 0.1) is 5.41 Å². The van der Waals surface area contributed by atoms with Crippen LogP contribution in [0.5, 0.6) is 0 Å². The van der Waals surface area contributed by atoms with Gasteiger partial charge < -0.3 is 9.64 Å². The van der Waals surface area contributed by atoms with Crippen LogP contribution in [0.2, 0.25) is 5.02 Å². The van der Waals surface area contributed by atoms with Crippen LogP contribution in [-0.2, 0) is 27.4 Å². The topological polar surface area (TPSA) is 73.7 Å². The highest BCUT2D eigenvalue weighted by atomic mass is 35.5. The molecule has 3 aromatic rings. The number of carbonyl (C=O) groups is 2. The number of thiophene rings is 1. The number of benzene rings is 2. The van der Waals surface area contributed by atoms with Gasteiger partial charge in [0.25, 0.3) is 0 Å². The first-order valence-electron chi connectivity index (χ1n) is 11.5. The Morgan fingerprint density at radius 1 is 1.17 bits per heavy atom. The molecule has 4 rings (SSSR count). The van der Waals surface area contributed by atoms with Gasteiger partial charge in [-0.3, -0.25) is 19.9 Å². The van der Waals surface area contributed by atoms with Gasteiger partial charge in [-0.15, -0.1) is 23.1 Å². The average Bonchev–Trinajstić information content (AvgIpc) is 3.24. The van der Waals surface area contributed by atoms with E-state index in [0.29, 0.717) is 36.2 Å². The fraction of sp³-hybridized carbons (Fsp3) is 0.346. The maximum absolute atomic E-state index is 13.5. The summed E-state index contributed by atoms with van der Waals surface area (Å²) in [6.07, 6.45) is 1.91. The van der Waals surface area contributed by atoms with Crippen LogP contribution in [0.4, 0.5) is 0 Å². The second-order valence-electron chi connectivity index (χ2n) is 8.38. The number of thioether (sulfide) groups is 1. The predicted molar refractivity (Wildman–Crippen MR) is 144 cm³/mol. The first kappa shape index (κ1) is 25.7. The molecule has 184 valence electrons. The van der Waals surface area contributed by atoms with Gasteiger partial charge in [0.1, 0.15) is 6.04 Å². The highest BCUT2D eigenvalue weighted by Gasteiger charge is 2.36. The first-order valence-corrected chi connectivity index (χ1v) is 13.9. The molecule has 1 N–H and O–H groups in total. The lowest BCUT2D eigenvalue weighted by molar-refractivity contribution is -0.153. The third-order valence-electron chi connectivity index (χ3n) is 6.05. The SMILES string of the molecule is CCOC(=O)CC1C(=O)N(Cc2ccc(C(=N)SC)cc2)CCN1Cc1cc2ccc(Cl)cc2s1. The summed E-state index contributed by atoms with van der Waals surface area (Å²) in [5, 5.41) is 10.3. The van der Waals surface area contributed by atoms with Crippen molar-refractivity contribution < 1.29 is 14.3 Å². The number of carbonyl (C=O) groups excluding carboxylic acids is 2. The molecule has 1 fully saturated rings. The average molecular weight is 530 g/mol. The number of esters is 1. The minimum Gasteiger partial charge on any atom is -0.466 e. The van der Waals surface area contributed by atoms with Crippen LogP contribution < -0.4 is 0 Å². The summed E-state index contributed by atoms with van der Waals surface area (Å²) in [7, 11) is 0. The Balaban J connectivity index is 1.50. The lowest BCUT2D eigenvalue weighted by atomic mass is 10.1. The number of fused-ring (bicyclic) bond motifs is 1. The Labute approximate surface area is 218 Å². The minimum absolute atomic E-state index is 0.0315. The number of hydrogen-bond donors (Lipinski definition) is 1. The van der Waals surface area contributed by atoms with Crippen molar-refractivity contribution in [2.45, 2.75) is 32.5 Å². The molecule has 1 unspecified atom stereocenters. The van der Waals surface area contributed by atoms with Gasteiger partial charge in [-0.2, -0.15) is 0 Å². The van der Waals surface area contributed by atoms with Crippen molar-refractivity contribution >= 4 is 61.7 Å². The van der Waals surface area contributed by atoms with E-state index in [9.17, 15) is 9.59 Å². The van der Waals surface area contributed by atoms with Crippen molar-refractivity contribution in [3.63, 3.8) is 0 Å². The fourth-order valence-corrected chi connectivity index (χ4v) is 6.00. The second-order valence-corrected chi connectivity index (χ2v) is 10.8. The van der Waals surface area contributed by atoms with E-state index in [-0.39, 0.29) is 24.9 Å².